The van der Waals surface area contributed by atoms with Gasteiger partial charge in [0.15, 0.2) is 6.04 Å². The lowest BCUT2D eigenvalue weighted by atomic mass is 9.86. The number of H-pyrrole nitrogens is 1. The number of amidine groups is 1. The number of likely N-dealkylation sites (tertiary alicyclic amines) is 2. The van der Waals surface area contributed by atoms with Crippen LogP contribution in [0.3, 0.4) is 0 Å². The molecule has 0 spiro atoms. The molecule has 6 heterocycles. The molecule has 0 radical (unpaired) electrons. The van der Waals surface area contributed by atoms with Gasteiger partial charge in [-0.05, 0) is 45.0 Å². The van der Waals surface area contributed by atoms with Crippen LogP contribution >= 0.6 is 0 Å². The van der Waals surface area contributed by atoms with Gasteiger partial charge in [-0.3, -0.25) is 14.4 Å². The predicted molar refractivity (Wildman–Crippen MR) is 160 cm³/mol. The molecule has 236 valence electrons. The number of amides is 1. The molecule has 2 fully saturated rings. The number of aromatic amines is 1. The zero-order valence-electron chi connectivity index (χ0n) is 25.1. The van der Waals surface area contributed by atoms with Gasteiger partial charge in [-0.25, -0.2) is 15.0 Å². The van der Waals surface area contributed by atoms with Crippen LogP contribution in [0.4, 0.5) is 13.2 Å². The number of carbonyl (C=O) groups is 1. The molecule has 12 nitrogen and oxygen atoms in total. The monoisotopic (exact) mass is 613 g/mol. The van der Waals surface area contributed by atoms with E-state index in [4.69, 9.17) is 5.73 Å². The first-order valence-corrected chi connectivity index (χ1v) is 14.9. The maximum Gasteiger partial charge on any atom is 0.449 e. The van der Waals surface area contributed by atoms with Crippen molar-refractivity contribution >= 4 is 22.8 Å². The van der Waals surface area contributed by atoms with Crippen LogP contribution in [0, 0.1) is 0 Å². The number of nitrogens with two attached hydrogens (primary N) is 1. The summed E-state index contributed by atoms with van der Waals surface area (Å²) < 4.78 is 43.0. The first-order valence-electron chi connectivity index (χ1n) is 14.9. The van der Waals surface area contributed by atoms with E-state index >= 15 is 0 Å². The average Bonchev–Trinajstić information content (AvgIpc) is 3.68. The Hall–Kier alpha value is -3.82. The lowest BCUT2D eigenvalue weighted by molar-refractivity contribution is -0.134. The van der Waals surface area contributed by atoms with E-state index in [-0.39, 0.29) is 24.0 Å². The Bertz CT molecular complexity index is 1580. The maximum atomic E-state index is 13.7. The van der Waals surface area contributed by atoms with Gasteiger partial charge in [0.1, 0.15) is 17.5 Å². The lowest BCUT2D eigenvalue weighted by Gasteiger charge is -2.54. The van der Waals surface area contributed by atoms with Crippen molar-refractivity contribution in [3.63, 3.8) is 0 Å². The molecule has 0 bridgehead atoms. The Morgan fingerprint density at radius 1 is 1.23 bits per heavy atom. The van der Waals surface area contributed by atoms with Crippen molar-refractivity contribution in [2.75, 3.05) is 52.9 Å². The zero-order valence-corrected chi connectivity index (χ0v) is 25.1. The fourth-order valence-corrected chi connectivity index (χ4v) is 6.36. The summed E-state index contributed by atoms with van der Waals surface area (Å²) in [5.74, 6) is -1.50. The highest BCUT2D eigenvalue weighted by molar-refractivity contribution is 5.96. The standard InChI is InChI=1S/C29H38F3N11O/c1-4-40(3)13-22-18(2)23(39-27(38-22)29(30,31)32)26(44)41-9-6-20(7-10-41)42-15-28(14-33,16-42)43-12-19(11-37-43)24-21-5-8-34-25(21)36-17-35-24/h5,8,11-12,17,20,23H,4,6-7,9-10,13-16,33H2,1-3H3,(H,38,39)(H,34,35,36). The Labute approximate surface area is 253 Å². The molecule has 4 N–H and O–H groups in total. The Morgan fingerprint density at radius 2 is 1.98 bits per heavy atom. The third-order valence-electron chi connectivity index (χ3n) is 9.25. The highest BCUT2D eigenvalue weighted by atomic mass is 19.4. The number of hydrogen-bond donors (Lipinski definition) is 3. The molecule has 2 saturated heterocycles. The van der Waals surface area contributed by atoms with Crippen LogP contribution in [-0.4, -0.2) is 122 Å². The van der Waals surface area contributed by atoms with Gasteiger partial charge in [0.2, 0.25) is 5.84 Å². The van der Waals surface area contributed by atoms with E-state index in [2.05, 4.69) is 35.3 Å². The van der Waals surface area contributed by atoms with Gasteiger partial charge in [-0.1, -0.05) is 6.92 Å². The fourth-order valence-electron chi connectivity index (χ4n) is 6.36. The van der Waals surface area contributed by atoms with E-state index < -0.39 is 18.1 Å². The molecular weight excluding hydrogens is 575 g/mol. The molecule has 1 amide bonds. The minimum Gasteiger partial charge on any atom is -0.346 e. The van der Waals surface area contributed by atoms with Gasteiger partial charge in [0, 0.05) is 74.4 Å². The summed E-state index contributed by atoms with van der Waals surface area (Å²) >= 11 is 0. The number of halogens is 3. The van der Waals surface area contributed by atoms with Gasteiger partial charge in [0.25, 0.3) is 5.91 Å². The minimum atomic E-state index is -4.67. The summed E-state index contributed by atoms with van der Waals surface area (Å²) in [6, 6.07) is 0.995. The normalized spacial score (nSPS) is 21.5. The van der Waals surface area contributed by atoms with Crippen molar-refractivity contribution in [3.05, 3.63) is 42.3 Å². The number of fused-ring (bicyclic) bond motifs is 1. The second-order valence-corrected chi connectivity index (χ2v) is 12.0. The number of alkyl halides is 3. The first-order chi connectivity index (χ1) is 21.0. The SMILES string of the molecule is CCN(C)CC1=C(C)C(C(=O)N2CCC(N3CC(CN)(n4cc(-c5ncnc6[nH]ccc56)cn4)C3)CC2)N=C(C(F)(F)F)N1. The summed E-state index contributed by atoms with van der Waals surface area (Å²) in [7, 11) is 1.82. The Balaban J connectivity index is 1.10. The predicted octanol–water partition coefficient (Wildman–Crippen LogP) is 1.94. The lowest BCUT2D eigenvalue weighted by Crippen LogP contribution is -2.69. The van der Waals surface area contributed by atoms with Gasteiger partial charge in [-0.15, -0.1) is 0 Å². The zero-order chi connectivity index (χ0) is 31.2. The number of nitrogens with one attached hydrogen (secondary N) is 2. The Kier molecular flexibility index (Phi) is 7.96. The molecular formula is C29H38F3N11O. The number of aromatic nitrogens is 5. The second-order valence-electron chi connectivity index (χ2n) is 12.0. The van der Waals surface area contributed by atoms with E-state index in [0.29, 0.717) is 37.4 Å². The van der Waals surface area contributed by atoms with Crippen LogP contribution in [0.15, 0.2) is 47.2 Å². The quantitative estimate of drug-likeness (QED) is 0.351. The molecule has 1 unspecified atom stereocenters. The van der Waals surface area contributed by atoms with Crippen LogP contribution in [0.25, 0.3) is 22.3 Å². The number of rotatable bonds is 8. The van der Waals surface area contributed by atoms with Crippen molar-refractivity contribution in [2.45, 2.75) is 50.5 Å². The Morgan fingerprint density at radius 3 is 2.66 bits per heavy atom. The molecule has 1 atom stereocenters. The highest BCUT2D eigenvalue weighted by Crippen LogP contribution is 2.35. The summed E-state index contributed by atoms with van der Waals surface area (Å²) in [6.07, 6.45) is 3.91. The summed E-state index contributed by atoms with van der Waals surface area (Å²) in [5.41, 5.74) is 9.30. The van der Waals surface area contributed by atoms with Crippen LogP contribution in [0.5, 0.6) is 0 Å². The van der Waals surface area contributed by atoms with Crippen molar-refractivity contribution in [3.8, 4) is 11.3 Å². The molecule has 0 aromatic carbocycles. The van der Waals surface area contributed by atoms with Crippen molar-refractivity contribution < 1.29 is 18.0 Å². The van der Waals surface area contributed by atoms with Gasteiger partial charge in [-0.2, -0.15) is 18.3 Å². The molecule has 15 heteroatoms. The number of likely N-dealkylation sites (N-methyl/N-ethyl adjacent to an activating group) is 1. The summed E-state index contributed by atoms with van der Waals surface area (Å²) in [6.45, 7) is 7.32. The molecule has 3 aliphatic heterocycles. The van der Waals surface area contributed by atoms with Crippen LogP contribution in [0.2, 0.25) is 0 Å². The summed E-state index contributed by atoms with van der Waals surface area (Å²) in [4.78, 5) is 35.1. The molecule has 44 heavy (non-hydrogen) atoms. The number of piperidine rings is 1. The van der Waals surface area contributed by atoms with Crippen molar-refractivity contribution in [1.82, 2.24) is 44.7 Å². The molecule has 0 aliphatic carbocycles. The van der Waals surface area contributed by atoms with E-state index in [1.165, 1.54) is 6.33 Å². The van der Waals surface area contributed by atoms with Gasteiger partial charge >= 0.3 is 6.18 Å². The minimum absolute atomic E-state index is 0.239. The van der Waals surface area contributed by atoms with E-state index in [1.807, 2.05) is 42.0 Å². The smallest absolute Gasteiger partial charge is 0.346 e. The largest absolute Gasteiger partial charge is 0.449 e. The first kappa shape index (κ1) is 30.2. The fraction of sp³-hybridized carbons (Fsp3) is 0.552. The molecule has 6 rings (SSSR count). The van der Waals surface area contributed by atoms with Crippen molar-refractivity contribution in [2.24, 2.45) is 10.7 Å². The molecule has 3 aromatic heterocycles. The van der Waals surface area contributed by atoms with Crippen LogP contribution in [0.1, 0.15) is 26.7 Å². The van der Waals surface area contributed by atoms with E-state index in [0.717, 1.165) is 48.2 Å². The van der Waals surface area contributed by atoms with E-state index in [9.17, 15) is 18.0 Å². The van der Waals surface area contributed by atoms with Gasteiger partial charge in [0.05, 0.1) is 11.9 Å². The van der Waals surface area contributed by atoms with Crippen LogP contribution < -0.4 is 11.1 Å². The summed E-state index contributed by atoms with van der Waals surface area (Å²) in [5, 5.41) is 8.02. The highest BCUT2D eigenvalue weighted by Gasteiger charge is 2.48. The molecule has 3 aromatic rings. The van der Waals surface area contributed by atoms with Crippen molar-refractivity contribution in [1.29, 1.82) is 0 Å². The number of hydrogen-bond acceptors (Lipinski definition) is 9. The average molecular weight is 614 g/mol. The number of nitrogens with zero attached hydrogens (tertiary/aromatic N) is 8. The third-order valence-corrected chi connectivity index (χ3v) is 9.25. The molecule has 3 aliphatic rings. The topological polar surface area (TPSA) is 137 Å². The van der Waals surface area contributed by atoms with E-state index in [1.54, 1.807) is 18.0 Å². The van der Waals surface area contributed by atoms with Crippen LogP contribution in [-0.2, 0) is 10.3 Å². The number of aliphatic imine (C=N–C) groups is 1. The third kappa shape index (κ3) is 5.48. The maximum absolute atomic E-state index is 13.7. The van der Waals surface area contributed by atoms with Gasteiger partial charge < -0.3 is 25.8 Å². The molecule has 0 saturated carbocycles. The number of carbonyl (C=O) groups excluding carboxylic acids is 1. The second kappa shape index (κ2) is 11.6.